The molecule has 0 saturated heterocycles. The van der Waals surface area contributed by atoms with Crippen LogP contribution in [-0.4, -0.2) is 17.0 Å². The standard InChI is InChI=1S/C9H8ClN3S/c1-11-9-8(12-4-5-13-9)6-2-3-7(10)14-6/h2-5H,1H3,(H,11,13). The largest absolute Gasteiger partial charge is 0.371 e. The Balaban J connectivity index is 2.50. The molecule has 0 aromatic carbocycles. The number of nitrogens with one attached hydrogen (secondary N) is 1. The second-order valence-corrected chi connectivity index (χ2v) is 4.32. The molecule has 0 saturated carbocycles. The van der Waals surface area contributed by atoms with Crippen molar-refractivity contribution in [3.05, 3.63) is 28.9 Å². The Morgan fingerprint density at radius 1 is 1.29 bits per heavy atom. The van der Waals surface area contributed by atoms with Gasteiger partial charge < -0.3 is 5.32 Å². The summed E-state index contributed by atoms with van der Waals surface area (Å²) >= 11 is 7.35. The number of hydrogen-bond donors (Lipinski definition) is 1. The minimum Gasteiger partial charge on any atom is -0.371 e. The second-order valence-electron chi connectivity index (χ2n) is 2.61. The summed E-state index contributed by atoms with van der Waals surface area (Å²) < 4.78 is 0.757. The van der Waals surface area contributed by atoms with E-state index in [0.29, 0.717) is 0 Å². The highest BCUT2D eigenvalue weighted by atomic mass is 35.5. The smallest absolute Gasteiger partial charge is 0.153 e. The van der Waals surface area contributed by atoms with Crippen LogP contribution in [0.2, 0.25) is 4.34 Å². The highest BCUT2D eigenvalue weighted by Gasteiger charge is 2.08. The average Bonchev–Trinajstić information content (AvgIpc) is 2.65. The van der Waals surface area contributed by atoms with Crippen molar-refractivity contribution in [1.82, 2.24) is 9.97 Å². The van der Waals surface area contributed by atoms with Gasteiger partial charge in [-0.2, -0.15) is 0 Å². The molecular formula is C9H8ClN3S. The second kappa shape index (κ2) is 3.94. The maximum atomic E-state index is 5.86. The van der Waals surface area contributed by atoms with Crippen molar-refractivity contribution < 1.29 is 0 Å². The van der Waals surface area contributed by atoms with Crippen LogP contribution in [0, 0.1) is 0 Å². The van der Waals surface area contributed by atoms with Gasteiger partial charge in [-0.15, -0.1) is 11.3 Å². The quantitative estimate of drug-likeness (QED) is 0.854. The van der Waals surface area contributed by atoms with Crippen molar-refractivity contribution in [3.63, 3.8) is 0 Å². The molecule has 0 fully saturated rings. The Bertz CT molecular complexity index is 441. The van der Waals surface area contributed by atoms with Crippen LogP contribution >= 0.6 is 22.9 Å². The third-order valence-corrected chi connectivity index (χ3v) is 2.98. The van der Waals surface area contributed by atoms with Gasteiger partial charge in [0.1, 0.15) is 5.69 Å². The fourth-order valence-electron chi connectivity index (χ4n) is 1.14. The molecule has 0 aliphatic rings. The lowest BCUT2D eigenvalue weighted by Gasteiger charge is -2.03. The van der Waals surface area contributed by atoms with Crippen molar-refractivity contribution in [3.8, 4) is 10.6 Å². The lowest BCUT2D eigenvalue weighted by atomic mass is 10.3. The van der Waals surface area contributed by atoms with E-state index < -0.39 is 0 Å². The molecule has 3 nitrogen and oxygen atoms in total. The van der Waals surface area contributed by atoms with E-state index in [9.17, 15) is 0 Å². The monoisotopic (exact) mass is 225 g/mol. The number of nitrogens with zero attached hydrogens (tertiary/aromatic N) is 2. The van der Waals surface area contributed by atoms with Crippen molar-refractivity contribution in [2.75, 3.05) is 12.4 Å². The summed E-state index contributed by atoms with van der Waals surface area (Å²) in [6.45, 7) is 0. The maximum absolute atomic E-state index is 5.86. The van der Waals surface area contributed by atoms with Gasteiger partial charge in [0.15, 0.2) is 5.82 Å². The van der Waals surface area contributed by atoms with E-state index in [4.69, 9.17) is 11.6 Å². The van der Waals surface area contributed by atoms with Crippen LogP contribution in [0.25, 0.3) is 10.6 Å². The normalized spacial score (nSPS) is 10.1. The number of rotatable bonds is 2. The van der Waals surface area contributed by atoms with E-state index in [1.54, 1.807) is 12.4 Å². The number of aromatic nitrogens is 2. The molecule has 14 heavy (non-hydrogen) atoms. The van der Waals surface area contributed by atoms with Gasteiger partial charge in [-0.25, -0.2) is 9.97 Å². The summed E-state index contributed by atoms with van der Waals surface area (Å²) in [6, 6.07) is 3.80. The van der Waals surface area contributed by atoms with E-state index in [-0.39, 0.29) is 0 Å². The molecular weight excluding hydrogens is 218 g/mol. The zero-order valence-corrected chi connectivity index (χ0v) is 9.06. The minimum absolute atomic E-state index is 0.757. The van der Waals surface area contributed by atoms with Crippen LogP contribution in [0.4, 0.5) is 5.82 Å². The Hall–Kier alpha value is -1.13. The van der Waals surface area contributed by atoms with Gasteiger partial charge in [0.2, 0.25) is 0 Å². The first-order valence-electron chi connectivity index (χ1n) is 4.05. The van der Waals surface area contributed by atoms with Crippen molar-refractivity contribution in [1.29, 1.82) is 0 Å². The molecule has 0 aliphatic carbocycles. The van der Waals surface area contributed by atoms with Gasteiger partial charge in [0.25, 0.3) is 0 Å². The van der Waals surface area contributed by atoms with Crippen LogP contribution in [0.15, 0.2) is 24.5 Å². The van der Waals surface area contributed by atoms with Gasteiger partial charge in [0, 0.05) is 19.4 Å². The Kier molecular flexibility index (Phi) is 2.65. The molecule has 0 aliphatic heterocycles. The predicted octanol–water partition coefficient (Wildman–Crippen LogP) is 2.90. The Labute approximate surface area is 90.8 Å². The third-order valence-electron chi connectivity index (χ3n) is 1.74. The van der Waals surface area contributed by atoms with Crippen molar-refractivity contribution >= 4 is 28.8 Å². The lowest BCUT2D eigenvalue weighted by molar-refractivity contribution is 1.20. The van der Waals surface area contributed by atoms with Gasteiger partial charge in [0.05, 0.1) is 9.21 Å². The number of halogens is 1. The highest BCUT2D eigenvalue weighted by molar-refractivity contribution is 7.19. The molecule has 2 heterocycles. The third kappa shape index (κ3) is 1.71. The molecule has 0 unspecified atom stereocenters. The van der Waals surface area contributed by atoms with Crippen molar-refractivity contribution in [2.24, 2.45) is 0 Å². The SMILES string of the molecule is CNc1nccnc1-c1ccc(Cl)s1. The van der Waals surface area contributed by atoms with Gasteiger partial charge >= 0.3 is 0 Å². The first-order chi connectivity index (χ1) is 6.81. The summed E-state index contributed by atoms with van der Waals surface area (Å²) in [6.07, 6.45) is 3.33. The predicted molar refractivity (Wildman–Crippen MR) is 59.9 cm³/mol. The van der Waals surface area contributed by atoms with Crippen LogP contribution in [0.5, 0.6) is 0 Å². The summed E-state index contributed by atoms with van der Waals surface area (Å²) in [5, 5.41) is 2.99. The maximum Gasteiger partial charge on any atom is 0.153 e. The summed E-state index contributed by atoms with van der Waals surface area (Å²) in [4.78, 5) is 9.45. The van der Waals surface area contributed by atoms with E-state index in [1.807, 2.05) is 19.2 Å². The number of anilines is 1. The molecule has 2 rings (SSSR count). The lowest BCUT2D eigenvalue weighted by Crippen LogP contribution is -1.95. The molecule has 2 aromatic rings. The fourth-order valence-corrected chi connectivity index (χ4v) is 2.18. The minimum atomic E-state index is 0.757. The van der Waals surface area contributed by atoms with Crippen LogP contribution in [0.1, 0.15) is 0 Å². The molecule has 72 valence electrons. The summed E-state index contributed by atoms with van der Waals surface area (Å²) in [5.74, 6) is 0.769. The summed E-state index contributed by atoms with van der Waals surface area (Å²) in [7, 11) is 1.82. The van der Waals surface area contributed by atoms with E-state index >= 15 is 0 Å². The van der Waals surface area contributed by atoms with E-state index in [2.05, 4.69) is 15.3 Å². The molecule has 0 amide bonds. The molecule has 0 spiro atoms. The van der Waals surface area contributed by atoms with Crippen LogP contribution in [-0.2, 0) is 0 Å². The topological polar surface area (TPSA) is 37.8 Å². The van der Waals surface area contributed by atoms with Crippen molar-refractivity contribution in [2.45, 2.75) is 0 Å². The molecule has 0 bridgehead atoms. The molecule has 2 aromatic heterocycles. The Morgan fingerprint density at radius 3 is 2.71 bits per heavy atom. The average molecular weight is 226 g/mol. The molecule has 0 radical (unpaired) electrons. The van der Waals surface area contributed by atoms with E-state index in [0.717, 1.165) is 20.7 Å². The zero-order valence-electron chi connectivity index (χ0n) is 7.49. The number of hydrogen-bond acceptors (Lipinski definition) is 4. The zero-order chi connectivity index (χ0) is 9.97. The van der Waals surface area contributed by atoms with Crippen LogP contribution < -0.4 is 5.32 Å². The molecule has 5 heteroatoms. The van der Waals surface area contributed by atoms with Gasteiger partial charge in [-0.3, -0.25) is 0 Å². The van der Waals surface area contributed by atoms with Crippen LogP contribution in [0.3, 0.4) is 0 Å². The fraction of sp³-hybridized carbons (Fsp3) is 0.111. The summed E-state index contributed by atoms with van der Waals surface area (Å²) in [5.41, 5.74) is 0.840. The molecule has 1 N–H and O–H groups in total. The molecule has 0 atom stereocenters. The van der Waals surface area contributed by atoms with E-state index in [1.165, 1.54) is 11.3 Å². The first-order valence-corrected chi connectivity index (χ1v) is 5.25. The van der Waals surface area contributed by atoms with Gasteiger partial charge in [-0.05, 0) is 12.1 Å². The first kappa shape index (κ1) is 9.43. The van der Waals surface area contributed by atoms with Gasteiger partial charge in [-0.1, -0.05) is 11.6 Å². The number of thiophene rings is 1. The Morgan fingerprint density at radius 2 is 2.07 bits per heavy atom. The highest BCUT2D eigenvalue weighted by Crippen LogP contribution is 2.32.